The van der Waals surface area contributed by atoms with Gasteiger partial charge in [-0.1, -0.05) is 61.9 Å². The van der Waals surface area contributed by atoms with Crippen LogP contribution in [0.15, 0.2) is 60.7 Å². The molecule has 2 atom stereocenters. The lowest BCUT2D eigenvalue weighted by Gasteiger charge is -2.29. The average Bonchev–Trinajstić information content (AvgIpc) is 2.88. The molecule has 4 rings (SSSR count). The van der Waals surface area contributed by atoms with Crippen LogP contribution in [0.5, 0.6) is 11.5 Å². The van der Waals surface area contributed by atoms with Gasteiger partial charge >= 0.3 is 0 Å². The molecule has 0 amide bonds. The minimum absolute atomic E-state index is 0.113. The number of halogens is 2. The topological polar surface area (TPSA) is 27.7 Å². The van der Waals surface area contributed by atoms with Gasteiger partial charge in [-0.2, -0.15) is 8.78 Å². The Balaban J connectivity index is 1.34. The molecule has 3 aromatic rings. The van der Waals surface area contributed by atoms with E-state index in [0.29, 0.717) is 5.92 Å². The van der Waals surface area contributed by atoms with Gasteiger partial charge in [-0.05, 0) is 66.5 Å². The van der Waals surface area contributed by atoms with Crippen molar-refractivity contribution < 1.29 is 23.0 Å². The molecule has 1 aliphatic rings. The van der Waals surface area contributed by atoms with E-state index in [1.807, 2.05) is 24.3 Å². The Labute approximate surface area is 200 Å². The van der Waals surface area contributed by atoms with Gasteiger partial charge in [-0.3, -0.25) is 0 Å². The highest BCUT2D eigenvalue weighted by atomic mass is 19.2. The molecule has 1 heterocycles. The van der Waals surface area contributed by atoms with E-state index in [1.54, 1.807) is 6.92 Å². The standard InChI is InChI=1S/C29H32F2O3/c1-3-5-20-8-15-25(33-18-20)24-13-11-23(12-14-24)22-9-6-21(7-10-22)19-34-27-17-16-26(32-4-2)28(30)29(27)31/h6-7,9-14,16-17,20,25H,3-5,8,15,18-19H2,1-2H3. The summed E-state index contributed by atoms with van der Waals surface area (Å²) >= 11 is 0. The molecular formula is C29H32F2O3. The summed E-state index contributed by atoms with van der Waals surface area (Å²) in [6.07, 6.45) is 4.97. The molecule has 1 fully saturated rings. The Hall–Kier alpha value is -2.92. The maximum absolute atomic E-state index is 14.2. The number of ether oxygens (including phenoxy) is 3. The molecule has 0 aliphatic carbocycles. The summed E-state index contributed by atoms with van der Waals surface area (Å²) in [6.45, 7) is 5.21. The van der Waals surface area contributed by atoms with Crippen molar-refractivity contribution in [2.45, 2.75) is 52.2 Å². The van der Waals surface area contributed by atoms with Gasteiger partial charge in [0.1, 0.15) is 6.61 Å². The summed E-state index contributed by atoms with van der Waals surface area (Å²) in [6, 6.07) is 19.2. The van der Waals surface area contributed by atoms with E-state index >= 15 is 0 Å². The van der Waals surface area contributed by atoms with Crippen LogP contribution in [0, 0.1) is 17.6 Å². The first-order valence-electron chi connectivity index (χ1n) is 12.1. The van der Waals surface area contributed by atoms with Crippen LogP contribution in [0.4, 0.5) is 8.78 Å². The highest BCUT2D eigenvalue weighted by molar-refractivity contribution is 5.64. The molecule has 1 aliphatic heterocycles. The van der Waals surface area contributed by atoms with E-state index in [4.69, 9.17) is 14.2 Å². The first-order chi connectivity index (χ1) is 16.6. The predicted octanol–water partition coefficient (Wildman–Crippen LogP) is 7.88. The average molecular weight is 467 g/mol. The van der Waals surface area contributed by atoms with Crippen molar-refractivity contribution in [3.63, 3.8) is 0 Å². The Morgan fingerprint density at radius 1 is 0.794 bits per heavy atom. The van der Waals surface area contributed by atoms with Gasteiger partial charge in [0.25, 0.3) is 0 Å². The fourth-order valence-corrected chi connectivity index (χ4v) is 4.44. The summed E-state index contributed by atoms with van der Waals surface area (Å²) in [7, 11) is 0. The Kier molecular flexibility index (Phi) is 8.17. The van der Waals surface area contributed by atoms with Crippen LogP contribution in [0.2, 0.25) is 0 Å². The molecule has 1 saturated heterocycles. The quantitative estimate of drug-likeness (QED) is 0.321. The predicted molar refractivity (Wildman–Crippen MR) is 130 cm³/mol. The van der Waals surface area contributed by atoms with Crippen LogP contribution in [0.1, 0.15) is 56.8 Å². The molecule has 0 aromatic heterocycles. The lowest BCUT2D eigenvalue weighted by Crippen LogP contribution is -2.20. The van der Waals surface area contributed by atoms with Gasteiger partial charge in [-0.15, -0.1) is 0 Å². The van der Waals surface area contributed by atoms with Gasteiger partial charge in [0.05, 0.1) is 19.3 Å². The maximum Gasteiger partial charge on any atom is 0.204 e. The van der Waals surface area contributed by atoms with Gasteiger partial charge in [0, 0.05) is 0 Å². The van der Waals surface area contributed by atoms with Crippen molar-refractivity contribution in [3.8, 4) is 22.6 Å². The van der Waals surface area contributed by atoms with E-state index in [9.17, 15) is 8.78 Å². The lowest BCUT2D eigenvalue weighted by atomic mass is 9.91. The monoisotopic (exact) mass is 466 g/mol. The fraction of sp³-hybridized carbons (Fsp3) is 0.379. The highest BCUT2D eigenvalue weighted by Gasteiger charge is 2.22. The SMILES string of the molecule is CCCC1CCC(c2ccc(-c3ccc(COc4ccc(OCC)c(F)c4F)cc3)cc2)OC1. The molecular weight excluding hydrogens is 434 g/mol. The largest absolute Gasteiger partial charge is 0.491 e. The number of benzene rings is 3. The van der Waals surface area contributed by atoms with E-state index in [2.05, 4.69) is 31.2 Å². The summed E-state index contributed by atoms with van der Waals surface area (Å²) in [5.74, 6) is -1.61. The summed E-state index contributed by atoms with van der Waals surface area (Å²) in [5.41, 5.74) is 4.30. The molecule has 3 nitrogen and oxygen atoms in total. The Morgan fingerprint density at radius 3 is 1.97 bits per heavy atom. The van der Waals surface area contributed by atoms with Crippen LogP contribution in [0.3, 0.4) is 0 Å². The molecule has 3 aromatic carbocycles. The van der Waals surface area contributed by atoms with Gasteiger partial charge in [-0.25, -0.2) is 0 Å². The van der Waals surface area contributed by atoms with Gasteiger partial charge in [0.15, 0.2) is 11.5 Å². The van der Waals surface area contributed by atoms with Crippen molar-refractivity contribution in [1.82, 2.24) is 0 Å². The molecule has 0 N–H and O–H groups in total. The third-order valence-corrected chi connectivity index (χ3v) is 6.34. The molecule has 5 heteroatoms. The second kappa shape index (κ2) is 11.5. The zero-order valence-corrected chi connectivity index (χ0v) is 19.9. The Bertz CT molecular complexity index is 1060. The molecule has 34 heavy (non-hydrogen) atoms. The summed E-state index contributed by atoms with van der Waals surface area (Å²) < 4.78 is 44.9. The molecule has 2 unspecified atom stereocenters. The van der Waals surface area contributed by atoms with Crippen molar-refractivity contribution in [1.29, 1.82) is 0 Å². The maximum atomic E-state index is 14.2. The zero-order chi connectivity index (χ0) is 23.9. The van der Waals surface area contributed by atoms with Crippen LogP contribution in [-0.4, -0.2) is 13.2 Å². The van der Waals surface area contributed by atoms with Gasteiger partial charge < -0.3 is 14.2 Å². The molecule has 0 saturated carbocycles. The molecule has 180 valence electrons. The normalized spacial score (nSPS) is 18.0. The second-order valence-electron chi connectivity index (χ2n) is 8.78. The van der Waals surface area contributed by atoms with Crippen molar-refractivity contribution >= 4 is 0 Å². The van der Waals surface area contributed by atoms with Crippen LogP contribution in [0.25, 0.3) is 11.1 Å². The zero-order valence-electron chi connectivity index (χ0n) is 19.9. The van der Waals surface area contributed by atoms with E-state index in [-0.39, 0.29) is 30.8 Å². The number of rotatable bonds is 9. The van der Waals surface area contributed by atoms with E-state index < -0.39 is 11.6 Å². The third kappa shape index (κ3) is 5.76. The number of hydrogen-bond acceptors (Lipinski definition) is 3. The first kappa shape index (κ1) is 24.2. The van der Waals surface area contributed by atoms with Crippen molar-refractivity contribution in [2.24, 2.45) is 5.92 Å². The third-order valence-electron chi connectivity index (χ3n) is 6.34. The molecule has 0 radical (unpaired) electrons. The smallest absolute Gasteiger partial charge is 0.204 e. The van der Waals surface area contributed by atoms with Crippen LogP contribution in [-0.2, 0) is 11.3 Å². The first-order valence-corrected chi connectivity index (χ1v) is 12.1. The van der Waals surface area contributed by atoms with Crippen LogP contribution >= 0.6 is 0 Å². The van der Waals surface area contributed by atoms with Crippen LogP contribution < -0.4 is 9.47 Å². The second-order valence-corrected chi connectivity index (χ2v) is 8.78. The highest BCUT2D eigenvalue weighted by Crippen LogP contribution is 2.33. The minimum Gasteiger partial charge on any atom is -0.491 e. The fourth-order valence-electron chi connectivity index (χ4n) is 4.44. The number of hydrogen-bond donors (Lipinski definition) is 0. The van der Waals surface area contributed by atoms with E-state index in [0.717, 1.165) is 29.7 Å². The lowest BCUT2D eigenvalue weighted by molar-refractivity contribution is -0.0194. The van der Waals surface area contributed by atoms with Crippen molar-refractivity contribution in [2.75, 3.05) is 13.2 Å². The molecule has 0 spiro atoms. The Morgan fingerprint density at radius 2 is 1.41 bits per heavy atom. The van der Waals surface area contributed by atoms with Crippen molar-refractivity contribution in [3.05, 3.63) is 83.4 Å². The summed E-state index contributed by atoms with van der Waals surface area (Å²) in [5, 5.41) is 0. The van der Waals surface area contributed by atoms with Gasteiger partial charge in [0.2, 0.25) is 11.6 Å². The molecule has 0 bridgehead atoms. The van der Waals surface area contributed by atoms with E-state index in [1.165, 1.54) is 37.0 Å². The summed E-state index contributed by atoms with van der Waals surface area (Å²) in [4.78, 5) is 0. The minimum atomic E-state index is -1.04.